The van der Waals surface area contributed by atoms with Crippen LogP contribution in [0.25, 0.3) is 22.2 Å². The highest BCUT2D eigenvalue weighted by atomic mass is 35.5. The van der Waals surface area contributed by atoms with E-state index in [-0.39, 0.29) is 49.8 Å². The van der Waals surface area contributed by atoms with Crippen molar-refractivity contribution in [3.05, 3.63) is 68.8 Å². The van der Waals surface area contributed by atoms with E-state index in [2.05, 4.69) is 20.7 Å². The first kappa shape index (κ1) is 39.0. The van der Waals surface area contributed by atoms with Gasteiger partial charge in [-0.3, -0.25) is 28.7 Å². The number of hydrogen-bond acceptors (Lipinski definition) is 9. The van der Waals surface area contributed by atoms with Crippen LogP contribution >= 0.6 is 34.5 Å². The van der Waals surface area contributed by atoms with Gasteiger partial charge in [-0.15, -0.1) is 11.3 Å². The fourth-order valence-corrected chi connectivity index (χ4v) is 7.87. The summed E-state index contributed by atoms with van der Waals surface area (Å²) < 4.78 is 1.46. The van der Waals surface area contributed by atoms with Crippen LogP contribution in [0, 0.1) is 0 Å². The summed E-state index contributed by atoms with van der Waals surface area (Å²) >= 11 is 14.5. The molecule has 4 N–H and O–H groups in total. The zero-order valence-electron chi connectivity index (χ0n) is 29.9. The van der Waals surface area contributed by atoms with Crippen molar-refractivity contribution in [2.45, 2.75) is 25.9 Å². The minimum atomic E-state index is -0.577. The number of anilines is 1. The lowest BCUT2D eigenvalue weighted by molar-refractivity contribution is -0.135. The Bertz CT molecular complexity index is 2110. The summed E-state index contributed by atoms with van der Waals surface area (Å²) in [6, 6.07) is 7.25. The number of aliphatic hydroxyl groups excluding tert-OH is 1. The minimum absolute atomic E-state index is 0.0212. The third kappa shape index (κ3) is 8.96. The highest BCUT2D eigenvalue weighted by Gasteiger charge is 2.29. The number of amides is 5. The largest absolute Gasteiger partial charge is 0.387 e. The predicted octanol–water partition coefficient (Wildman–Crippen LogP) is 2.04. The molecule has 0 atom stereocenters. The van der Waals surface area contributed by atoms with Crippen LogP contribution in [0.2, 0.25) is 10.0 Å². The maximum Gasteiger partial charge on any atom is 0.248 e. The lowest BCUT2D eigenvalue weighted by atomic mass is 9.99. The van der Waals surface area contributed by atoms with Crippen LogP contribution < -0.4 is 15.5 Å². The SMILES string of the molecule is CN(C)C/C=C/C(=O)N1CCN(c2ccc(CCNC(=O)CNC(=O)Cn3ccc(-c4cc(Cl)c(Cl)c5[nH]c6c(c45)CN(C(=O)CO)CC6)n3)s2)C(=O)C1. The number of aromatic nitrogens is 3. The molecule has 1 saturated heterocycles. The quantitative estimate of drug-likeness (QED) is 0.149. The van der Waals surface area contributed by atoms with E-state index in [1.807, 2.05) is 31.1 Å². The van der Waals surface area contributed by atoms with E-state index in [1.54, 1.807) is 39.1 Å². The van der Waals surface area contributed by atoms with E-state index in [9.17, 15) is 29.1 Å². The number of fused-ring (bicyclic) bond motifs is 3. The number of carbonyl (C=O) groups excluding carboxylic acids is 5. The molecule has 5 amide bonds. The number of thiophene rings is 1. The third-order valence-corrected chi connectivity index (χ3v) is 11.1. The molecule has 286 valence electrons. The van der Waals surface area contributed by atoms with E-state index < -0.39 is 12.5 Å². The molecular formula is C36H41Cl2N9O6S. The normalized spacial score (nSPS) is 14.7. The van der Waals surface area contributed by atoms with E-state index in [1.165, 1.54) is 22.1 Å². The molecule has 0 spiro atoms. The number of benzene rings is 1. The zero-order valence-corrected chi connectivity index (χ0v) is 32.2. The molecule has 1 aromatic carbocycles. The Morgan fingerprint density at radius 1 is 1.06 bits per heavy atom. The summed E-state index contributed by atoms with van der Waals surface area (Å²) in [5.41, 5.74) is 3.64. The number of hydrogen-bond donors (Lipinski definition) is 4. The minimum Gasteiger partial charge on any atom is -0.387 e. The lowest BCUT2D eigenvalue weighted by Crippen LogP contribution is -2.51. The summed E-state index contributed by atoms with van der Waals surface area (Å²) in [6.07, 6.45) is 6.04. The molecule has 2 aliphatic heterocycles. The Hall–Kier alpha value is -4.74. The molecule has 4 aromatic rings. The number of nitrogens with zero attached hydrogens (tertiary/aromatic N) is 6. The van der Waals surface area contributed by atoms with E-state index in [4.69, 9.17) is 23.2 Å². The summed E-state index contributed by atoms with van der Waals surface area (Å²) in [5.74, 6) is -1.44. The van der Waals surface area contributed by atoms with Crippen molar-refractivity contribution < 1.29 is 29.1 Å². The van der Waals surface area contributed by atoms with Gasteiger partial charge in [-0.25, -0.2) is 0 Å². The van der Waals surface area contributed by atoms with Crippen LogP contribution in [0.15, 0.2) is 42.6 Å². The fourth-order valence-electron chi connectivity index (χ4n) is 6.43. The second-order valence-electron chi connectivity index (χ2n) is 13.3. The van der Waals surface area contributed by atoms with Crippen LogP contribution in [0.5, 0.6) is 0 Å². The van der Waals surface area contributed by atoms with Crippen molar-refractivity contribution in [1.29, 1.82) is 0 Å². The molecular weight excluding hydrogens is 757 g/mol. The van der Waals surface area contributed by atoms with Gasteiger partial charge in [0.1, 0.15) is 19.7 Å². The second kappa shape index (κ2) is 17.2. The fraction of sp³-hybridized carbons (Fsp3) is 0.389. The summed E-state index contributed by atoms with van der Waals surface area (Å²) in [6.45, 7) is 1.69. The highest BCUT2D eigenvalue weighted by Crippen LogP contribution is 2.42. The number of aromatic amines is 1. The van der Waals surface area contributed by atoms with Gasteiger partial charge in [0, 0.05) is 85.0 Å². The third-order valence-electron chi connectivity index (χ3n) is 9.17. The number of carbonyl (C=O) groups is 5. The molecule has 6 rings (SSSR count). The van der Waals surface area contributed by atoms with Gasteiger partial charge in [-0.05, 0) is 44.8 Å². The Morgan fingerprint density at radius 3 is 2.63 bits per heavy atom. The van der Waals surface area contributed by atoms with E-state index in [0.29, 0.717) is 72.4 Å². The van der Waals surface area contributed by atoms with Gasteiger partial charge < -0.3 is 40.3 Å². The first-order valence-electron chi connectivity index (χ1n) is 17.4. The van der Waals surface area contributed by atoms with Crippen LogP contribution in [-0.2, 0) is 49.9 Å². The topological polar surface area (TPSA) is 176 Å². The number of aliphatic hydroxyl groups is 1. The highest BCUT2D eigenvalue weighted by molar-refractivity contribution is 7.16. The van der Waals surface area contributed by atoms with Gasteiger partial charge in [-0.2, -0.15) is 5.10 Å². The van der Waals surface area contributed by atoms with Crippen molar-refractivity contribution in [3.63, 3.8) is 0 Å². The van der Waals surface area contributed by atoms with Crippen LogP contribution in [0.4, 0.5) is 5.00 Å². The van der Waals surface area contributed by atoms with Crippen LogP contribution in [0.1, 0.15) is 16.1 Å². The Kier molecular flexibility index (Phi) is 12.4. The first-order valence-corrected chi connectivity index (χ1v) is 19.0. The summed E-state index contributed by atoms with van der Waals surface area (Å²) in [5, 5.41) is 21.7. The monoisotopic (exact) mass is 797 g/mol. The maximum absolute atomic E-state index is 12.8. The molecule has 5 heterocycles. The maximum atomic E-state index is 12.8. The number of halogens is 2. The van der Waals surface area contributed by atoms with Gasteiger partial charge in [0.2, 0.25) is 29.5 Å². The molecule has 54 heavy (non-hydrogen) atoms. The summed E-state index contributed by atoms with van der Waals surface area (Å²) in [7, 11) is 3.83. The van der Waals surface area contributed by atoms with Crippen molar-refractivity contribution >= 4 is 80.0 Å². The average molecular weight is 799 g/mol. The van der Waals surface area contributed by atoms with Gasteiger partial charge in [0.15, 0.2) is 0 Å². The Labute approximate surface area is 325 Å². The lowest BCUT2D eigenvalue weighted by Gasteiger charge is -2.33. The van der Waals surface area contributed by atoms with E-state index in [0.717, 1.165) is 26.5 Å². The molecule has 2 aliphatic rings. The van der Waals surface area contributed by atoms with E-state index >= 15 is 0 Å². The van der Waals surface area contributed by atoms with Crippen molar-refractivity contribution in [3.8, 4) is 11.3 Å². The Balaban J connectivity index is 0.970. The molecule has 0 saturated carbocycles. The van der Waals surface area contributed by atoms with Gasteiger partial charge >= 0.3 is 0 Å². The van der Waals surface area contributed by atoms with Gasteiger partial charge in [-0.1, -0.05) is 29.3 Å². The number of piperazine rings is 1. The molecule has 0 aliphatic carbocycles. The van der Waals surface area contributed by atoms with Gasteiger partial charge in [0.25, 0.3) is 0 Å². The Morgan fingerprint density at radius 2 is 1.87 bits per heavy atom. The summed E-state index contributed by atoms with van der Waals surface area (Å²) in [4.78, 5) is 73.9. The standard InChI is InChI=1S/C36H41Cl2N9O6S/c1-43(2)11-3-4-30(51)45-14-15-47(31(52)20-45)33-6-5-22(54-33)7-10-39-28(49)17-40-29(50)19-46-13-9-27(42-46)23-16-25(37)35(38)36-34(23)24-18-44(32(53)21-48)12-8-26(24)41-36/h3-6,9,13,16,41,48H,7-8,10-12,14-15,17-21H2,1-2H3,(H,39,49)(H,40,50)/b4-3+. The second-order valence-corrected chi connectivity index (χ2v) is 15.2. The number of nitrogens with one attached hydrogen (secondary N) is 3. The molecule has 0 radical (unpaired) electrons. The van der Waals surface area contributed by atoms with Crippen LogP contribution in [-0.4, -0.2) is 131 Å². The number of rotatable bonds is 13. The predicted molar refractivity (Wildman–Crippen MR) is 206 cm³/mol. The zero-order chi connectivity index (χ0) is 38.5. The number of H-pyrrole nitrogens is 1. The molecule has 0 unspecified atom stereocenters. The van der Waals surface area contributed by atoms with Crippen molar-refractivity contribution in [2.75, 3.05) is 71.4 Å². The average Bonchev–Trinajstić information content (AvgIpc) is 3.91. The van der Waals surface area contributed by atoms with Gasteiger partial charge in [0.05, 0.1) is 32.8 Å². The number of likely N-dealkylation sites (N-methyl/N-ethyl adjacent to an activating group) is 1. The van der Waals surface area contributed by atoms with Crippen LogP contribution in [0.3, 0.4) is 0 Å². The smallest absolute Gasteiger partial charge is 0.248 e. The molecule has 3 aromatic heterocycles. The molecule has 1 fully saturated rings. The van der Waals surface area contributed by atoms with Crippen molar-refractivity contribution in [2.24, 2.45) is 0 Å². The molecule has 0 bridgehead atoms. The first-order chi connectivity index (χ1) is 25.9. The van der Waals surface area contributed by atoms with Crippen molar-refractivity contribution in [1.82, 2.24) is 40.1 Å². The molecule has 15 nitrogen and oxygen atoms in total. The molecule has 18 heteroatoms.